The first-order chi connectivity index (χ1) is 20.5. The number of rotatable bonds is 8. The van der Waals surface area contributed by atoms with Gasteiger partial charge in [0.15, 0.2) is 11.5 Å². The summed E-state index contributed by atoms with van der Waals surface area (Å²) in [5.41, 5.74) is 0.506. The van der Waals surface area contributed by atoms with Crippen LogP contribution in [0.4, 0.5) is 23.7 Å². The third-order valence-electron chi connectivity index (χ3n) is 6.40. The van der Waals surface area contributed by atoms with Crippen LogP contribution in [0.5, 0.6) is 11.5 Å². The van der Waals surface area contributed by atoms with Crippen molar-refractivity contribution >= 4 is 73.9 Å². The van der Waals surface area contributed by atoms with Crippen LogP contribution in [0.15, 0.2) is 83.8 Å². The van der Waals surface area contributed by atoms with Gasteiger partial charge in [0, 0.05) is 5.69 Å². The normalized spacial score (nSPS) is 14.4. The maximum Gasteiger partial charge on any atom is 0.416 e. The summed E-state index contributed by atoms with van der Waals surface area (Å²) >= 11 is 2.76. The van der Waals surface area contributed by atoms with Crippen molar-refractivity contribution in [3.8, 4) is 11.5 Å². The molecule has 0 bridgehead atoms. The number of hydrogen-bond acceptors (Lipinski definition) is 6. The van der Waals surface area contributed by atoms with E-state index >= 15 is 0 Å². The van der Waals surface area contributed by atoms with E-state index in [4.69, 9.17) is 9.47 Å². The number of alkyl halides is 3. The van der Waals surface area contributed by atoms with Crippen molar-refractivity contribution in [2.45, 2.75) is 12.8 Å². The van der Waals surface area contributed by atoms with Crippen molar-refractivity contribution < 1.29 is 37.0 Å². The van der Waals surface area contributed by atoms with E-state index in [0.29, 0.717) is 39.0 Å². The Balaban J connectivity index is 1.27. The van der Waals surface area contributed by atoms with Gasteiger partial charge in [0.05, 0.1) is 21.1 Å². The molecule has 3 amide bonds. The van der Waals surface area contributed by atoms with Gasteiger partial charge in [-0.15, -0.1) is 0 Å². The number of nitrogens with zero attached hydrogens (tertiary/aromatic N) is 1. The first-order valence-corrected chi connectivity index (χ1v) is 14.6. The molecule has 1 fully saturated rings. The molecule has 4 aromatic rings. The number of methoxy groups -OCH3 is 1. The standard InChI is InChI=1S/C31H22F3IN2O5S/c1-41-25-13-19(12-24(35)28(25)42-17-18-9-10-20-5-2-3-6-21(20)11-18)14-26-29(39)37(30(40)43-26)16-27(38)36-23-8-4-7-22(15-23)31(32,33)34/h2-15H,16-17H2,1H3,(H,36,38)/b26-14-. The fraction of sp³-hybridized carbons (Fsp3) is 0.129. The molecule has 43 heavy (non-hydrogen) atoms. The molecule has 220 valence electrons. The topological polar surface area (TPSA) is 84.9 Å². The molecule has 7 nitrogen and oxygen atoms in total. The molecule has 0 aromatic heterocycles. The first-order valence-electron chi connectivity index (χ1n) is 12.7. The average molecular weight is 718 g/mol. The molecule has 0 aliphatic carbocycles. The second-order valence-electron chi connectivity index (χ2n) is 9.40. The largest absolute Gasteiger partial charge is 0.493 e. The molecule has 1 aliphatic heterocycles. The van der Waals surface area contributed by atoms with E-state index < -0.39 is 35.3 Å². The molecule has 4 aromatic carbocycles. The van der Waals surface area contributed by atoms with Crippen LogP contribution < -0.4 is 14.8 Å². The number of amides is 3. The van der Waals surface area contributed by atoms with Crippen LogP contribution in [0.25, 0.3) is 16.8 Å². The average Bonchev–Trinajstić information content (AvgIpc) is 3.23. The molecule has 0 atom stereocenters. The van der Waals surface area contributed by atoms with Gasteiger partial charge in [0.1, 0.15) is 13.2 Å². The second-order valence-corrected chi connectivity index (χ2v) is 11.6. The van der Waals surface area contributed by atoms with Crippen molar-refractivity contribution in [2.24, 2.45) is 0 Å². The number of carbonyl (C=O) groups excluding carboxylic acids is 3. The number of fused-ring (bicyclic) bond motifs is 1. The SMILES string of the molecule is COc1cc(/C=C2\SC(=O)N(CC(=O)Nc3cccc(C(F)(F)F)c3)C2=O)cc(I)c1OCc1ccc2ccccc2c1. The predicted octanol–water partition coefficient (Wildman–Crippen LogP) is 7.73. The highest BCUT2D eigenvalue weighted by atomic mass is 127. The lowest BCUT2D eigenvalue weighted by molar-refractivity contribution is -0.137. The predicted molar refractivity (Wildman–Crippen MR) is 167 cm³/mol. The highest BCUT2D eigenvalue weighted by Crippen LogP contribution is 2.38. The number of halogens is 4. The minimum atomic E-state index is -4.58. The van der Waals surface area contributed by atoms with Gasteiger partial charge in [0.25, 0.3) is 11.1 Å². The summed E-state index contributed by atoms with van der Waals surface area (Å²) in [5, 5.41) is 3.86. The molecule has 1 saturated heterocycles. The van der Waals surface area contributed by atoms with Gasteiger partial charge in [-0.3, -0.25) is 19.3 Å². The highest BCUT2D eigenvalue weighted by Gasteiger charge is 2.36. The number of imide groups is 1. The van der Waals surface area contributed by atoms with Crippen LogP contribution in [0, 0.1) is 3.57 Å². The number of benzene rings is 4. The fourth-order valence-electron chi connectivity index (χ4n) is 4.35. The Kier molecular flexibility index (Phi) is 8.97. The van der Waals surface area contributed by atoms with Gasteiger partial charge in [-0.1, -0.05) is 42.5 Å². The Morgan fingerprint density at radius 1 is 1.00 bits per heavy atom. The van der Waals surface area contributed by atoms with E-state index in [-0.39, 0.29) is 10.6 Å². The molecule has 1 aliphatic rings. The lowest BCUT2D eigenvalue weighted by Crippen LogP contribution is -2.36. The summed E-state index contributed by atoms with van der Waals surface area (Å²) in [6, 6.07) is 21.6. The summed E-state index contributed by atoms with van der Waals surface area (Å²) in [4.78, 5) is 38.8. The number of carbonyl (C=O) groups is 3. The van der Waals surface area contributed by atoms with E-state index in [2.05, 4.69) is 34.0 Å². The van der Waals surface area contributed by atoms with Crippen molar-refractivity contribution in [3.63, 3.8) is 0 Å². The lowest BCUT2D eigenvalue weighted by atomic mass is 10.1. The number of nitrogens with one attached hydrogen (secondary N) is 1. The minimum Gasteiger partial charge on any atom is -0.493 e. The van der Waals surface area contributed by atoms with Crippen LogP contribution in [0.2, 0.25) is 0 Å². The third-order valence-corrected chi connectivity index (χ3v) is 8.10. The van der Waals surface area contributed by atoms with Gasteiger partial charge in [-0.2, -0.15) is 13.2 Å². The smallest absolute Gasteiger partial charge is 0.416 e. The Hall–Kier alpha value is -4.04. The van der Waals surface area contributed by atoms with Crippen molar-refractivity contribution in [1.29, 1.82) is 0 Å². The van der Waals surface area contributed by atoms with Crippen LogP contribution in [-0.2, 0) is 22.4 Å². The third kappa shape index (κ3) is 7.13. The summed E-state index contributed by atoms with van der Waals surface area (Å²) in [5.74, 6) is -0.557. The Bertz CT molecular complexity index is 1780. The van der Waals surface area contributed by atoms with Crippen LogP contribution in [0.3, 0.4) is 0 Å². The van der Waals surface area contributed by atoms with Crippen LogP contribution in [-0.4, -0.2) is 35.6 Å². The maximum absolute atomic E-state index is 13.0. The van der Waals surface area contributed by atoms with Gasteiger partial charge in [-0.25, -0.2) is 0 Å². The molecular weight excluding hydrogens is 696 g/mol. The molecule has 0 spiro atoms. The molecule has 0 unspecified atom stereocenters. The molecule has 0 saturated carbocycles. The van der Waals surface area contributed by atoms with E-state index in [0.717, 1.165) is 39.4 Å². The number of anilines is 1. The summed E-state index contributed by atoms with van der Waals surface area (Å²) in [6.07, 6.45) is -3.08. The Morgan fingerprint density at radius 3 is 2.51 bits per heavy atom. The molecule has 5 rings (SSSR count). The number of ether oxygens (including phenoxy) is 2. The van der Waals surface area contributed by atoms with Gasteiger partial charge >= 0.3 is 6.18 Å². The van der Waals surface area contributed by atoms with Crippen LogP contribution >= 0.6 is 34.4 Å². The van der Waals surface area contributed by atoms with Crippen LogP contribution in [0.1, 0.15) is 16.7 Å². The first kappa shape index (κ1) is 30.4. The number of thioether (sulfide) groups is 1. The monoisotopic (exact) mass is 718 g/mol. The number of hydrogen-bond donors (Lipinski definition) is 1. The zero-order valence-corrected chi connectivity index (χ0v) is 25.4. The summed E-state index contributed by atoms with van der Waals surface area (Å²) < 4.78 is 51.3. The Labute approximate surface area is 262 Å². The zero-order chi connectivity index (χ0) is 30.7. The van der Waals surface area contributed by atoms with E-state index in [1.54, 1.807) is 12.1 Å². The van der Waals surface area contributed by atoms with E-state index in [1.165, 1.54) is 19.3 Å². The maximum atomic E-state index is 13.0. The molecule has 0 radical (unpaired) electrons. The van der Waals surface area contributed by atoms with E-state index in [1.807, 2.05) is 36.4 Å². The van der Waals surface area contributed by atoms with Crippen molar-refractivity contribution in [3.05, 3.63) is 104 Å². The van der Waals surface area contributed by atoms with Gasteiger partial charge in [-0.05, 0) is 98.7 Å². The fourth-order valence-corrected chi connectivity index (χ4v) is 5.97. The molecular formula is C31H22F3IN2O5S. The van der Waals surface area contributed by atoms with Gasteiger partial charge < -0.3 is 14.8 Å². The molecule has 12 heteroatoms. The summed E-state index contributed by atoms with van der Waals surface area (Å²) in [7, 11) is 1.50. The highest BCUT2D eigenvalue weighted by molar-refractivity contribution is 14.1. The zero-order valence-electron chi connectivity index (χ0n) is 22.4. The van der Waals surface area contributed by atoms with E-state index in [9.17, 15) is 27.6 Å². The van der Waals surface area contributed by atoms with Crippen molar-refractivity contribution in [1.82, 2.24) is 4.90 Å². The molecule has 1 N–H and O–H groups in total. The quantitative estimate of drug-likeness (QED) is 0.148. The van der Waals surface area contributed by atoms with Crippen molar-refractivity contribution in [2.75, 3.05) is 19.0 Å². The Morgan fingerprint density at radius 2 is 1.77 bits per heavy atom. The minimum absolute atomic E-state index is 0.0829. The molecule has 1 heterocycles. The lowest BCUT2D eigenvalue weighted by Gasteiger charge is -2.14. The summed E-state index contributed by atoms with van der Waals surface area (Å²) in [6.45, 7) is -0.349. The van der Waals surface area contributed by atoms with Gasteiger partial charge in [0.2, 0.25) is 5.91 Å². The second kappa shape index (κ2) is 12.7.